The van der Waals surface area contributed by atoms with Crippen molar-refractivity contribution in [3.63, 3.8) is 0 Å². The second-order valence-electron chi connectivity index (χ2n) is 4.85. The quantitative estimate of drug-likeness (QED) is 0.807. The van der Waals surface area contributed by atoms with Crippen LogP contribution in [0, 0.1) is 17.1 Å². The summed E-state index contributed by atoms with van der Waals surface area (Å²) < 4.78 is 19.7. The zero-order valence-electron chi connectivity index (χ0n) is 10.7. The number of nitrogens with zero attached hydrogens (tertiary/aromatic N) is 2. The van der Waals surface area contributed by atoms with Gasteiger partial charge in [0.25, 0.3) is 0 Å². The Kier molecular flexibility index (Phi) is 3.53. The average molecular weight is 248 g/mol. The van der Waals surface area contributed by atoms with Crippen molar-refractivity contribution in [2.45, 2.75) is 25.9 Å². The van der Waals surface area contributed by atoms with E-state index in [9.17, 15) is 4.39 Å². The number of halogens is 1. The largest absolute Gasteiger partial charge is 0.372 e. The molecule has 3 nitrogen and oxygen atoms in total. The Balaban J connectivity index is 2.24. The van der Waals surface area contributed by atoms with Crippen LogP contribution in [0.5, 0.6) is 0 Å². The number of hydrogen-bond acceptors (Lipinski definition) is 3. The van der Waals surface area contributed by atoms with Crippen LogP contribution in [0.3, 0.4) is 0 Å². The van der Waals surface area contributed by atoms with E-state index < -0.39 is 0 Å². The predicted molar refractivity (Wildman–Crippen MR) is 68.0 cm³/mol. The monoisotopic (exact) mass is 248 g/mol. The van der Waals surface area contributed by atoms with Gasteiger partial charge in [-0.1, -0.05) is 6.92 Å². The van der Waals surface area contributed by atoms with E-state index in [0.29, 0.717) is 30.9 Å². The molecule has 1 saturated heterocycles. The molecule has 4 heteroatoms. The summed E-state index contributed by atoms with van der Waals surface area (Å²) in [5.41, 5.74) is 0.679. The summed E-state index contributed by atoms with van der Waals surface area (Å²) in [6.07, 6.45) is 0.890. The van der Waals surface area contributed by atoms with Crippen molar-refractivity contribution >= 4 is 5.69 Å². The average Bonchev–Trinajstić information content (AvgIpc) is 2.38. The minimum absolute atomic E-state index is 0.224. The third kappa shape index (κ3) is 2.46. The SMILES string of the molecule is CCC1(C)CN(c2ccc(C#N)cc2F)CCO1. The standard InChI is InChI=1S/C14H17FN2O/c1-3-14(2)10-17(6-7-18-14)13-5-4-11(9-16)8-12(13)15/h4-5,8H,3,6-7,10H2,1-2H3. The number of rotatable bonds is 2. The Labute approximate surface area is 107 Å². The molecular weight excluding hydrogens is 231 g/mol. The number of nitriles is 1. The van der Waals surface area contributed by atoms with Crippen LogP contribution in [0.2, 0.25) is 0 Å². The van der Waals surface area contributed by atoms with Gasteiger partial charge in [-0.2, -0.15) is 5.26 Å². The van der Waals surface area contributed by atoms with Gasteiger partial charge in [0.2, 0.25) is 0 Å². The van der Waals surface area contributed by atoms with E-state index in [2.05, 4.69) is 6.92 Å². The van der Waals surface area contributed by atoms with Crippen molar-refractivity contribution in [1.82, 2.24) is 0 Å². The lowest BCUT2D eigenvalue weighted by Crippen LogP contribution is -2.50. The van der Waals surface area contributed by atoms with E-state index in [0.717, 1.165) is 6.42 Å². The Morgan fingerprint density at radius 2 is 2.33 bits per heavy atom. The third-order valence-electron chi connectivity index (χ3n) is 3.50. The topological polar surface area (TPSA) is 36.3 Å². The van der Waals surface area contributed by atoms with Crippen LogP contribution in [0.1, 0.15) is 25.8 Å². The number of benzene rings is 1. The normalized spacial score (nSPS) is 23.8. The van der Waals surface area contributed by atoms with Gasteiger partial charge in [-0.05, 0) is 31.5 Å². The molecule has 0 spiro atoms. The molecule has 0 radical (unpaired) electrons. The highest BCUT2D eigenvalue weighted by Crippen LogP contribution is 2.27. The maximum Gasteiger partial charge on any atom is 0.147 e. The first kappa shape index (κ1) is 12.8. The molecule has 0 N–H and O–H groups in total. The van der Waals surface area contributed by atoms with Gasteiger partial charge in [-0.15, -0.1) is 0 Å². The zero-order chi connectivity index (χ0) is 13.2. The molecule has 2 rings (SSSR count). The summed E-state index contributed by atoms with van der Waals surface area (Å²) in [6.45, 7) is 6.06. The third-order valence-corrected chi connectivity index (χ3v) is 3.50. The van der Waals surface area contributed by atoms with Crippen molar-refractivity contribution in [1.29, 1.82) is 5.26 Å². The van der Waals surface area contributed by atoms with Crippen LogP contribution in [0.15, 0.2) is 18.2 Å². The number of ether oxygens (including phenoxy) is 1. The van der Waals surface area contributed by atoms with Crippen molar-refractivity contribution in [3.8, 4) is 6.07 Å². The molecule has 1 heterocycles. The molecule has 0 amide bonds. The highest BCUT2D eigenvalue weighted by Gasteiger charge is 2.31. The first-order valence-corrected chi connectivity index (χ1v) is 6.16. The number of morpholine rings is 1. The van der Waals surface area contributed by atoms with Gasteiger partial charge in [0.1, 0.15) is 5.82 Å². The van der Waals surface area contributed by atoms with Gasteiger partial charge in [-0.3, -0.25) is 0 Å². The molecule has 1 unspecified atom stereocenters. The second-order valence-corrected chi connectivity index (χ2v) is 4.85. The van der Waals surface area contributed by atoms with Gasteiger partial charge in [-0.25, -0.2) is 4.39 Å². The van der Waals surface area contributed by atoms with Crippen LogP contribution in [0.4, 0.5) is 10.1 Å². The van der Waals surface area contributed by atoms with Crippen molar-refractivity contribution in [3.05, 3.63) is 29.6 Å². The molecule has 0 saturated carbocycles. The number of hydrogen-bond donors (Lipinski definition) is 0. The van der Waals surface area contributed by atoms with Crippen LogP contribution in [-0.2, 0) is 4.74 Å². The summed E-state index contributed by atoms with van der Waals surface area (Å²) in [5, 5.41) is 8.73. The van der Waals surface area contributed by atoms with E-state index in [-0.39, 0.29) is 11.4 Å². The molecular formula is C14H17FN2O. The summed E-state index contributed by atoms with van der Waals surface area (Å²) >= 11 is 0. The van der Waals surface area contributed by atoms with Gasteiger partial charge >= 0.3 is 0 Å². The van der Waals surface area contributed by atoms with Gasteiger partial charge < -0.3 is 9.64 Å². The Morgan fingerprint density at radius 1 is 1.56 bits per heavy atom. The zero-order valence-corrected chi connectivity index (χ0v) is 10.7. The fraction of sp³-hybridized carbons (Fsp3) is 0.500. The lowest BCUT2D eigenvalue weighted by Gasteiger charge is -2.41. The summed E-state index contributed by atoms with van der Waals surface area (Å²) in [4.78, 5) is 1.99. The van der Waals surface area contributed by atoms with Crippen LogP contribution >= 0.6 is 0 Å². The highest BCUT2D eigenvalue weighted by atomic mass is 19.1. The van der Waals surface area contributed by atoms with Crippen LogP contribution < -0.4 is 4.90 Å². The maximum absolute atomic E-state index is 13.9. The Morgan fingerprint density at radius 3 is 2.94 bits per heavy atom. The van der Waals surface area contributed by atoms with E-state index in [1.807, 2.05) is 17.9 Å². The van der Waals surface area contributed by atoms with E-state index in [1.165, 1.54) is 6.07 Å². The first-order chi connectivity index (χ1) is 8.58. The van der Waals surface area contributed by atoms with Crippen molar-refractivity contribution in [2.75, 3.05) is 24.6 Å². The molecule has 1 aliphatic rings. The molecule has 1 aromatic rings. The van der Waals surface area contributed by atoms with Gasteiger partial charge in [0.15, 0.2) is 0 Å². The van der Waals surface area contributed by atoms with E-state index >= 15 is 0 Å². The smallest absolute Gasteiger partial charge is 0.147 e. The summed E-state index contributed by atoms with van der Waals surface area (Å²) in [7, 11) is 0. The van der Waals surface area contributed by atoms with E-state index in [4.69, 9.17) is 10.00 Å². The van der Waals surface area contributed by atoms with E-state index in [1.54, 1.807) is 12.1 Å². The van der Waals surface area contributed by atoms with Gasteiger partial charge in [0.05, 0.1) is 29.5 Å². The molecule has 1 aromatic carbocycles. The molecule has 18 heavy (non-hydrogen) atoms. The minimum Gasteiger partial charge on any atom is -0.372 e. The fourth-order valence-electron chi connectivity index (χ4n) is 2.18. The Bertz CT molecular complexity index is 483. The second kappa shape index (κ2) is 4.95. The molecule has 1 fully saturated rings. The van der Waals surface area contributed by atoms with Crippen LogP contribution in [-0.4, -0.2) is 25.3 Å². The first-order valence-electron chi connectivity index (χ1n) is 6.16. The van der Waals surface area contributed by atoms with Crippen molar-refractivity contribution in [2.24, 2.45) is 0 Å². The Hall–Kier alpha value is -1.60. The molecule has 0 aliphatic carbocycles. The summed E-state index contributed by atoms with van der Waals surface area (Å²) in [6, 6.07) is 6.55. The molecule has 0 aromatic heterocycles. The fourth-order valence-corrected chi connectivity index (χ4v) is 2.18. The summed E-state index contributed by atoms with van der Waals surface area (Å²) in [5.74, 6) is -0.339. The van der Waals surface area contributed by atoms with Crippen LogP contribution in [0.25, 0.3) is 0 Å². The lowest BCUT2D eigenvalue weighted by atomic mass is 10.0. The molecule has 1 atom stereocenters. The number of anilines is 1. The molecule has 96 valence electrons. The maximum atomic E-state index is 13.9. The molecule has 0 bridgehead atoms. The lowest BCUT2D eigenvalue weighted by molar-refractivity contribution is -0.0442. The molecule has 1 aliphatic heterocycles. The van der Waals surface area contributed by atoms with Gasteiger partial charge in [0, 0.05) is 13.1 Å². The predicted octanol–water partition coefficient (Wildman–Crippen LogP) is 2.70. The van der Waals surface area contributed by atoms with Crippen molar-refractivity contribution < 1.29 is 9.13 Å². The minimum atomic E-state index is -0.339. The highest BCUT2D eigenvalue weighted by molar-refractivity contribution is 5.51.